The third-order valence-corrected chi connectivity index (χ3v) is 3.36. The van der Waals surface area contributed by atoms with Crippen LogP contribution in [0.5, 0.6) is 0 Å². The molecule has 0 unspecified atom stereocenters. The Hall–Kier alpha value is -1.27. The molecule has 0 aliphatic rings. The fourth-order valence-electron chi connectivity index (χ4n) is 1.29. The van der Waals surface area contributed by atoms with Crippen molar-refractivity contribution in [3.63, 3.8) is 0 Å². The van der Waals surface area contributed by atoms with Crippen LogP contribution in [0.25, 0.3) is 0 Å². The molecular formula is C10H17N3O2S. The summed E-state index contributed by atoms with van der Waals surface area (Å²) >= 11 is 0. The van der Waals surface area contributed by atoms with Crippen LogP contribution in [0.3, 0.4) is 0 Å². The normalized spacial score (nSPS) is 11.8. The second-order valence-corrected chi connectivity index (χ2v) is 5.52. The van der Waals surface area contributed by atoms with E-state index in [9.17, 15) is 8.42 Å². The number of nitrogens with zero attached hydrogens (tertiary/aromatic N) is 1. The molecule has 0 atom stereocenters. The number of anilines is 2. The predicted octanol–water partition coefficient (Wildman–Crippen LogP) is 1.19. The van der Waals surface area contributed by atoms with E-state index in [4.69, 9.17) is 5.73 Å². The summed E-state index contributed by atoms with van der Waals surface area (Å²) in [5, 5.41) is 0. The minimum absolute atomic E-state index is 0.363. The van der Waals surface area contributed by atoms with Gasteiger partial charge in [-0.1, -0.05) is 0 Å². The summed E-state index contributed by atoms with van der Waals surface area (Å²) in [5.74, 6) is 0. The van der Waals surface area contributed by atoms with Gasteiger partial charge in [-0.3, -0.25) is 0 Å². The van der Waals surface area contributed by atoms with Crippen molar-refractivity contribution in [1.82, 2.24) is 4.41 Å². The number of rotatable bonds is 4. The molecule has 6 heteroatoms. The van der Waals surface area contributed by atoms with Gasteiger partial charge < -0.3 is 11.2 Å². The molecule has 1 rings (SSSR count). The summed E-state index contributed by atoms with van der Waals surface area (Å²) in [6.45, 7) is 4.00. The zero-order valence-electron chi connectivity index (χ0n) is 9.69. The standard InChI is InChI=1S/C10H17N3O2S/c1-4-13(16(3,14)15)12-9-5-6-10(11)8(2)7-9/h5-7,12H,4,11H2,1-3H3. The molecule has 1 aromatic carbocycles. The third-order valence-electron chi connectivity index (χ3n) is 2.21. The van der Waals surface area contributed by atoms with Gasteiger partial charge in [0.2, 0.25) is 10.0 Å². The fraction of sp³-hybridized carbons (Fsp3) is 0.400. The van der Waals surface area contributed by atoms with Gasteiger partial charge in [0, 0.05) is 12.2 Å². The predicted molar refractivity (Wildman–Crippen MR) is 66.4 cm³/mol. The number of nitrogens with one attached hydrogen (secondary N) is 1. The maximum atomic E-state index is 11.4. The van der Waals surface area contributed by atoms with E-state index in [1.54, 1.807) is 19.1 Å². The Labute approximate surface area is 96.3 Å². The van der Waals surface area contributed by atoms with Crippen molar-refractivity contribution in [3.05, 3.63) is 23.8 Å². The Morgan fingerprint density at radius 3 is 2.50 bits per heavy atom. The van der Waals surface area contributed by atoms with Crippen molar-refractivity contribution >= 4 is 21.4 Å². The number of aryl methyl sites for hydroxylation is 1. The molecule has 0 aliphatic heterocycles. The molecule has 0 saturated heterocycles. The molecule has 0 saturated carbocycles. The molecule has 0 heterocycles. The maximum absolute atomic E-state index is 11.4. The van der Waals surface area contributed by atoms with Crippen LogP contribution in [0.2, 0.25) is 0 Å². The third kappa shape index (κ3) is 3.11. The van der Waals surface area contributed by atoms with Crippen molar-refractivity contribution < 1.29 is 8.42 Å². The Morgan fingerprint density at radius 2 is 2.06 bits per heavy atom. The zero-order valence-corrected chi connectivity index (χ0v) is 10.5. The minimum Gasteiger partial charge on any atom is -0.399 e. The smallest absolute Gasteiger partial charge is 0.227 e. The molecule has 16 heavy (non-hydrogen) atoms. The molecule has 0 bridgehead atoms. The minimum atomic E-state index is -3.25. The summed E-state index contributed by atoms with van der Waals surface area (Å²) in [5.41, 5.74) is 10.8. The molecule has 5 nitrogen and oxygen atoms in total. The molecule has 90 valence electrons. The second kappa shape index (κ2) is 4.71. The Balaban J connectivity index is 2.91. The first-order chi connectivity index (χ1) is 7.34. The average molecular weight is 243 g/mol. The van der Waals surface area contributed by atoms with E-state index >= 15 is 0 Å². The summed E-state index contributed by atoms with van der Waals surface area (Å²) in [6.07, 6.45) is 1.16. The lowest BCUT2D eigenvalue weighted by Crippen LogP contribution is -2.35. The van der Waals surface area contributed by atoms with Crippen molar-refractivity contribution in [2.75, 3.05) is 24.0 Å². The fourth-order valence-corrected chi connectivity index (χ4v) is 2.03. The Kier molecular flexibility index (Phi) is 3.77. The van der Waals surface area contributed by atoms with Crippen LogP contribution in [0.4, 0.5) is 11.4 Å². The van der Waals surface area contributed by atoms with Gasteiger partial charge in [-0.25, -0.2) is 8.42 Å². The number of sulfonamides is 1. The van der Waals surface area contributed by atoms with Gasteiger partial charge in [0.25, 0.3) is 0 Å². The highest BCUT2D eigenvalue weighted by Crippen LogP contribution is 2.17. The lowest BCUT2D eigenvalue weighted by atomic mass is 10.2. The molecule has 0 spiro atoms. The van der Waals surface area contributed by atoms with E-state index in [1.807, 2.05) is 13.0 Å². The summed E-state index contributed by atoms with van der Waals surface area (Å²) in [7, 11) is -3.25. The van der Waals surface area contributed by atoms with Crippen LogP contribution in [-0.4, -0.2) is 25.6 Å². The number of hydrazine groups is 1. The van der Waals surface area contributed by atoms with Gasteiger partial charge >= 0.3 is 0 Å². The van der Waals surface area contributed by atoms with Gasteiger partial charge in [-0.15, -0.1) is 4.41 Å². The Morgan fingerprint density at radius 1 is 1.44 bits per heavy atom. The van der Waals surface area contributed by atoms with Gasteiger partial charge in [0.05, 0.1) is 11.9 Å². The highest BCUT2D eigenvalue weighted by Gasteiger charge is 2.13. The summed E-state index contributed by atoms with van der Waals surface area (Å²) in [6, 6.07) is 5.30. The molecular weight excluding hydrogens is 226 g/mol. The van der Waals surface area contributed by atoms with Gasteiger partial charge in [0.15, 0.2) is 0 Å². The van der Waals surface area contributed by atoms with Crippen LogP contribution in [-0.2, 0) is 10.0 Å². The molecule has 3 N–H and O–H groups in total. The SMILES string of the molecule is CCN(Nc1ccc(N)c(C)c1)S(C)(=O)=O. The first-order valence-corrected chi connectivity index (χ1v) is 6.80. The van der Waals surface area contributed by atoms with E-state index in [0.717, 1.165) is 11.8 Å². The van der Waals surface area contributed by atoms with E-state index in [-0.39, 0.29) is 0 Å². The second-order valence-electron chi connectivity index (χ2n) is 3.61. The Bertz CT molecular complexity index is 471. The van der Waals surface area contributed by atoms with Gasteiger partial charge in [-0.2, -0.15) is 0 Å². The highest BCUT2D eigenvalue weighted by atomic mass is 32.2. The lowest BCUT2D eigenvalue weighted by molar-refractivity contribution is 0.487. The van der Waals surface area contributed by atoms with Crippen molar-refractivity contribution in [1.29, 1.82) is 0 Å². The average Bonchev–Trinajstić information content (AvgIpc) is 2.18. The van der Waals surface area contributed by atoms with Crippen molar-refractivity contribution in [2.45, 2.75) is 13.8 Å². The highest BCUT2D eigenvalue weighted by molar-refractivity contribution is 7.88. The van der Waals surface area contributed by atoms with Crippen molar-refractivity contribution in [3.8, 4) is 0 Å². The molecule has 0 aromatic heterocycles. The van der Waals surface area contributed by atoms with Gasteiger partial charge in [-0.05, 0) is 37.6 Å². The molecule has 0 amide bonds. The number of hydrogen-bond acceptors (Lipinski definition) is 4. The van der Waals surface area contributed by atoms with Crippen LogP contribution >= 0.6 is 0 Å². The van der Waals surface area contributed by atoms with E-state index in [0.29, 0.717) is 17.9 Å². The number of hydrogen-bond donors (Lipinski definition) is 2. The number of benzene rings is 1. The van der Waals surface area contributed by atoms with E-state index in [1.165, 1.54) is 4.41 Å². The molecule has 0 aliphatic carbocycles. The lowest BCUT2D eigenvalue weighted by Gasteiger charge is -2.20. The van der Waals surface area contributed by atoms with Crippen LogP contribution in [0.15, 0.2) is 18.2 Å². The monoisotopic (exact) mass is 243 g/mol. The van der Waals surface area contributed by atoms with Crippen LogP contribution in [0.1, 0.15) is 12.5 Å². The van der Waals surface area contributed by atoms with Crippen LogP contribution < -0.4 is 11.2 Å². The quantitative estimate of drug-likeness (QED) is 0.615. The van der Waals surface area contributed by atoms with Gasteiger partial charge in [0.1, 0.15) is 0 Å². The molecule has 0 fully saturated rings. The van der Waals surface area contributed by atoms with E-state index < -0.39 is 10.0 Å². The number of nitrogens with two attached hydrogens (primary N) is 1. The topological polar surface area (TPSA) is 75.4 Å². The summed E-state index contributed by atoms with van der Waals surface area (Å²) in [4.78, 5) is 0. The first-order valence-electron chi connectivity index (χ1n) is 4.95. The molecule has 1 aromatic rings. The zero-order chi connectivity index (χ0) is 12.3. The summed E-state index contributed by atoms with van der Waals surface area (Å²) < 4.78 is 23.9. The maximum Gasteiger partial charge on any atom is 0.227 e. The number of nitrogen functional groups attached to an aromatic ring is 1. The molecule has 0 radical (unpaired) electrons. The first kappa shape index (κ1) is 12.8. The van der Waals surface area contributed by atoms with Crippen LogP contribution in [0, 0.1) is 6.92 Å². The van der Waals surface area contributed by atoms with E-state index in [2.05, 4.69) is 5.43 Å². The largest absolute Gasteiger partial charge is 0.399 e. The van der Waals surface area contributed by atoms with Crippen molar-refractivity contribution in [2.24, 2.45) is 0 Å².